The molecule has 2 aromatic rings. The lowest BCUT2D eigenvalue weighted by atomic mass is 10.1. The molecule has 2 aliphatic rings. The van der Waals surface area contributed by atoms with Crippen LogP contribution >= 0.6 is 0 Å². The first-order chi connectivity index (χ1) is 16.8. The molecule has 0 bridgehead atoms. The molecule has 3 amide bonds. The first-order valence-corrected chi connectivity index (χ1v) is 12.0. The van der Waals surface area contributed by atoms with Gasteiger partial charge in [0.15, 0.2) is 0 Å². The lowest BCUT2D eigenvalue weighted by Gasteiger charge is -2.39. The number of anilines is 2. The SMILES string of the molecule is Cc1ccc(NC(=O)CC2C(=O)NCCN2C(=O)CN2CCN(c3ccc(F)cc3)CC2)c(C)c1. The van der Waals surface area contributed by atoms with Crippen LogP contribution in [-0.4, -0.2) is 79.4 Å². The summed E-state index contributed by atoms with van der Waals surface area (Å²) in [5.74, 6) is -1.02. The highest BCUT2D eigenvalue weighted by Crippen LogP contribution is 2.19. The van der Waals surface area contributed by atoms with E-state index >= 15 is 0 Å². The third-order valence-electron chi connectivity index (χ3n) is 6.61. The van der Waals surface area contributed by atoms with Crippen molar-refractivity contribution < 1.29 is 18.8 Å². The number of halogens is 1. The van der Waals surface area contributed by atoms with Crippen LogP contribution in [0.15, 0.2) is 42.5 Å². The van der Waals surface area contributed by atoms with Crippen LogP contribution < -0.4 is 15.5 Å². The summed E-state index contributed by atoms with van der Waals surface area (Å²) in [6, 6.07) is 11.3. The predicted octanol–water partition coefficient (Wildman–Crippen LogP) is 1.92. The molecule has 2 aliphatic heterocycles. The Balaban J connectivity index is 1.33. The van der Waals surface area contributed by atoms with Gasteiger partial charge in [0, 0.05) is 50.6 Å². The van der Waals surface area contributed by atoms with Crippen molar-refractivity contribution in [2.45, 2.75) is 26.3 Å². The normalized spacial score (nSPS) is 18.8. The summed E-state index contributed by atoms with van der Waals surface area (Å²) in [5, 5.41) is 5.65. The summed E-state index contributed by atoms with van der Waals surface area (Å²) in [6.07, 6.45) is -0.0940. The molecule has 186 valence electrons. The van der Waals surface area contributed by atoms with E-state index in [1.165, 1.54) is 17.0 Å². The van der Waals surface area contributed by atoms with Crippen LogP contribution in [0.2, 0.25) is 0 Å². The maximum absolute atomic E-state index is 13.2. The van der Waals surface area contributed by atoms with Gasteiger partial charge in [-0.1, -0.05) is 17.7 Å². The van der Waals surface area contributed by atoms with Crippen molar-refractivity contribution in [1.82, 2.24) is 15.1 Å². The van der Waals surface area contributed by atoms with Gasteiger partial charge in [-0.25, -0.2) is 4.39 Å². The van der Waals surface area contributed by atoms with E-state index in [4.69, 9.17) is 0 Å². The standard InChI is InChI=1S/C26H32FN5O3/c1-18-3-8-22(19(2)15-18)29-24(33)16-23-26(35)28-9-10-32(23)25(34)17-30-11-13-31(14-12-30)21-6-4-20(27)5-7-21/h3-8,15,23H,9-14,16-17H2,1-2H3,(H,28,35)(H,29,33). The molecule has 2 fully saturated rings. The van der Waals surface area contributed by atoms with Gasteiger partial charge >= 0.3 is 0 Å². The van der Waals surface area contributed by atoms with Gasteiger partial charge in [0.25, 0.3) is 0 Å². The van der Waals surface area contributed by atoms with Crippen molar-refractivity contribution in [2.75, 3.05) is 56.0 Å². The third-order valence-corrected chi connectivity index (χ3v) is 6.61. The highest BCUT2D eigenvalue weighted by atomic mass is 19.1. The van der Waals surface area contributed by atoms with Crippen LogP contribution in [0.25, 0.3) is 0 Å². The largest absolute Gasteiger partial charge is 0.369 e. The van der Waals surface area contributed by atoms with Crippen molar-refractivity contribution in [2.24, 2.45) is 0 Å². The molecule has 2 heterocycles. The van der Waals surface area contributed by atoms with Crippen LogP contribution in [0.4, 0.5) is 15.8 Å². The summed E-state index contributed by atoms with van der Waals surface area (Å²) >= 11 is 0. The Labute approximate surface area is 205 Å². The monoisotopic (exact) mass is 481 g/mol. The first-order valence-electron chi connectivity index (χ1n) is 12.0. The summed E-state index contributed by atoms with van der Waals surface area (Å²) < 4.78 is 13.2. The maximum atomic E-state index is 13.2. The molecule has 2 N–H and O–H groups in total. The van der Waals surface area contributed by atoms with E-state index in [1.54, 1.807) is 12.1 Å². The van der Waals surface area contributed by atoms with Crippen molar-refractivity contribution in [1.29, 1.82) is 0 Å². The van der Waals surface area contributed by atoms with Gasteiger partial charge in [0.1, 0.15) is 11.9 Å². The number of nitrogens with zero attached hydrogens (tertiary/aromatic N) is 3. The second kappa shape index (κ2) is 10.9. The Morgan fingerprint density at radius 2 is 1.74 bits per heavy atom. The van der Waals surface area contributed by atoms with Gasteiger partial charge in [0.2, 0.25) is 17.7 Å². The van der Waals surface area contributed by atoms with E-state index < -0.39 is 6.04 Å². The fourth-order valence-corrected chi connectivity index (χ4v) is 4.65. The van der Waals surface area contributed by atoms with Gasteiger partial charge in [-0.05, 0) is 49.7 Å². The topological polar surface area (TPSA) is 85.0 Å². The summed E-state index contributed by atoms with van der Waals surface area (Å²) in [6.45, 7) is 7.66. The second-order valence-electron chi connectivity index (χ2n) is 9.20. The van der Waals surface area contributed by atoms with Gasteiger partial charge in [0.05, 0.1) is 13.0 Å². The molecule has 2 aromatic carbocycles. The van der Waals surface area contributed by atoms with E-state index in [0.717, 1.165) is 29.9 Å². The molecule has 1 atom stereocenters. The molecule has 2 saturated heterocycles. The molecule has 0 aromatic heterocycles. The number of hydrogen-bond acceptors (Lipinski definition) is 5. The van der Waals surface area contributed by atoms with E-state index in [-0.39, 0.29) is 36.5 Å². The van der Waals surface area contributed by atoms with Gasteiger partial charge in [-0.3, -0.25) is 19.3 Å². The van der Waals surface area contributed by atoms with E-state index in [0.29, 0.717) is 31.9 Å². The average Bonchev–Trinajstić information content (AvgIpc) is 2.83. The zero-order chi connectivity index (χ0) is 24.9. The van der Waals surface area contributed by atoms with Crippen molar-refractivity contribution in [3.05, 3.63) is 59.4 Å². The first kappa shape index (κ1) is 24.7. The van der Waals surface area contributed by atoms with Gasteiger partial charge < -0.3 is 20.4 Å². The summed E-state index contributed by atoms with van der Waals surface area (Å²) in [4.78, 5) is 44.3. The minimum absolute atomic E-state index is 0.0940. The fraction of sp³-hybridized carbons (Fsp3) is 0.423. The minimum atomic E-state index is -0.831. The van der Waals surface area contributed by atoms with Crippen molar-refractivity contribution in [3.63, 3.8) is 0 Å². The quantitative estimate of drug-likeness (QED) is 0.659. The van der Waals surface area contributed by atoms with E-state index in [9.17, 15) is 18.8 Å². The molecule has 0 saturated carbocycles. The van der Waals surface area contributed by atoms with Crippen molar-refractivity contribution in [3.8, 4) is 0 Å². The predicted molar refractivity (Wildman–Crippen MR) is 133 cm³/mol. The maximum Gasteiger partial charge on any atom is 0.243 e. The Morgan fingerprint density at radius 3 is 2.43 bits per heavy atom. The highest BCUT2D eigenvalue weighted by molar-refractivity contribution is 5.98. The molecule has 4 rings (SSSR count). The molecular formula is C26H32FN5O3. The third kappa shape index (κ3) is 6.16. The van der Waals surface area contributed by atoms with Crippen LogP contribution in [0.3, 0.4) is 0 Å². The molecule has 1 unspecified atom stereocenters. The number of aryl methyl sites for hydroxylation is 2. The zero-order valence-electron chi connectivity index (χ0n) is 20.2. The average molecular weight is 482 g/mol. The summed E-state index contributed by atoms with van der Waals surface area (Å²) in [7, 11) is 0. The fourth-order valence-electron chi connectivity index (χ4n) is 4.65. The van der Waals surface area contributed by atoms with Crippen LogP contribution in [0.1, 0.15) is 17.5 Å². The van der Waals surface area contributed by atoms with Crippen LogP contribution in [0.5, 0.6) is 0 Å². The highest BCUT2D eigenvalue weighted by Gasteiger charge is 2.35. The van der Waals surface area contributed by atoms with Gasteiger partial charge in [-0.15, -0.1) is 0 Å². The Morgan fingerprint density at radius 1 is 1.03 bits per heavy atom. The Hall–Kier alpha value is -3.46. The molecule has 0 radical (unpaired) electrons. The molecular weight excluding hydrogens is 449 g/mol. The molecule has 0 spiro atoms. The summed E-state index contributed by atoms with van der Waals surface area (Å²) in [5.41, 5.74) is 3.70. The molecule has 9 heteroatoms. The number of piperazine rings is 2. The van der Waals surface area contributed by atoms with Crippen LogP contribution in [0, 0.1) is 19.7 Å². The molecule has 8 nitrogen and oxygen atoms in total. The number of benzene rings is 2. The van der Waals surface area contributed by atoms with E-state index in [2.05, 4.69) is 20.4 Å². The molecule has 35 heavy (non-hydrogen) atoms. The smallest absolute Gasteiger partial charge is 0.243 e. The second-order valence-corrected chi connectivity index (χ2v) is 9.20. The number of carbonyl (C=O) groups is 3. The zero-order valence-corrected chi connectivity index (χ0v) is 20.2. The minimum Gasteiger partial charge on any atom is -0.369 e. The number of nitrogens with one attached hydrogen (secondary N) is 2. The number of carbonyl (C=O) groups excluding carboxylic acids is 3. The lowest BCUT2D eigenvalue weighted by Crippen LogP contribution is -2.60. The Kier molecular flexibility index (Phi) is 7.65. The lowest BCUT2D eigenvalue weighted by molar-refractivity contribution is -0.145. The number of hydrogen-bond donors (Lipinski definition) is 2. The molecule has 0 aliphatic carbocycles. The van der Waals surface area contributed by atoms with Crippen LogP contribution in [-0.2, 0) is 14.4 Å². The number of rotatable bonds is 6. The number of amides is 3. The van der Waals surface area contributed by atoms with Gasteiger partial charge in [-0.2, -0.15) is 0 Å². The Bertz CT molecular complexity index is 1080. The van der Waals surface area contributed by atoms with E-state index in [1.807, 2.05) is 32.0 Å². The van der Waals surface area contributed by atoms with Crippen molar-refractivity contribution >= 4 is 29.1 Å².